The predicted molar refractivity (Wildman–Crippen MR) is 67.5 cm³/mol. The Bertz CT molecular complexity index is 601. The summed E-state index contributed by atoms with van der Waals surface area (Å²) in [5.41, 5.74) is 3.06. The zero-order valence-electron chi connectivity index (χ0n) is 10.5. The normalized spacial score (nSPS) is 31.2. The molecule has 1 aliphatic carbocycles. The molecule has 1 fully saturated rings. The monoisotopic (exact) mass is 265 g/mol. The van der Waals surface area contributed by atoms with Crippen molar-refractivity contribution in [2.45, 2.75) is 31.5 Å². The van der Waals surface area contributed by atoms with Gasteiger partial charge < -0.3 is 15.2 Å². The Morgan fingerprint density at radius 1 is 1.47 bits per heavy atom. The Kier molecular flexibility index (Phi) is 2.99. The van der Waals surface area contributed by atoms with E-state index in [1.807, 2.05) is 6.92 Å². The standard InChI is InChI=1S/C13H16FN3O2/c1-6-11-12(17-5-16-6)9(3-15-11)8-2-7(4-18)13(19)10(8)14/h3,5,7-8,10,13,15,18-19H,2,4H2,1H3/t7-,8+,10+,13-/m1/s1. The number of fused-ring (bicyclic) bond motifs is 1. The van der Waals surface area contributed by atoms with E-state index < -0.39 is 24.1 Å². The second kappa shape index (κ2) is 4.54. The number of rotatable bonds is 2. The molecule has 0 radical (unpaired) electrons. The van der Waals surface area contributed by atoms with Crippen molar-refractivity contribution in [2.24, 2.45) is 5.92 Å². The van der Waals surface area contributed by atoms with Crippen LogP contribution in [-0.4, -0.2) is 44.0 Å². The molecule has 102 valence electrons. The van der Waals surface area contributed by atoms with Crippen molar-refractivity contribution >= 4 is 11.0 Å². The summed E-state index contributed by atoms with van der Waals surface area (Å²) in [6, 6.07) is 0. The Labute approximate surface area is 109 Å². The molecule has 2 aromatic rings. The summed E-state index contributed by atoms with van der Waals surface area (Å²) in [6.45, 7) is 1.66. The van der Waals surface area contributed by atoms with Crippen LogP contribution in [0.1, 0.15) is 23.6 Å². The van der Waals surface area contributed by atoms with Gasteiger partial charge in [0.25, 0.3) is 0 Å². The van der Waals surface area contributed by atoms with Gasteiger partial charge in [0.05, 0.1) is 22.8 Å². The number of aliphatic hydroxyl groups is 2. The van der Waals surface area contributed by atoms with Crippen LogP contribution < -0.4 is 0 Å². The molecule has 3 N–H and O–H groups in total. The summed E-state index contributed by atoms with van der Waals surface area (Å²) >= 11 is 0. The summed E-state index contributed by atoms with van der Waals surface area (Å²) in [5, 5.41) is 18.9. The molecular weight excluding hydrogens is 249 g/mol. The second-order valence-electron chi connectivity index (χ2n) is 5.15. The Balaban J connectivity index is 2.04. The number of halogens is 1. The Hall–Kier alpha value is -1.53. The van der Waals surface area contributed by atoms with Gasteiger partial charge in [-0.2, -0.15) is 0 Å². The fraction of sp³-hybridized carbons (Fsp3) is 0.538. The number of hydrogen-bond acceptors (Lipinski definition) is 4. The number of aromatic amines is 1. The minimum atomic E-state index is -1.37. The van der Waals surface area contributed by atoms with Crippen molar-refractivity contribution in [1.29, 1.82) is 0 Å². The zero-order valence-corrected chi connectivity index (χ0v) is 10.5. The molecule has 2 heterocycles. The van der Waals surface area contributed by atoms with Crippen LogP contribution in [0.3, 0.4) is 0 Å². The van der Waals surface area contributed by atoms with E-state index in [1.165, 1.54) is 6.33 Å². The molecule has 0 spiro atoms. The topological polar surface area (TPSA) is 82.0 Å². The van der Waals surface area contributed by atoms with E-state index >= 15 is 0 Å². The van der Waals surface area contributed by atoms with Gasteiger partial charge >= 0.3 is 0 Å². The molecule has 0 unspecified atom stereocenters. The first kappa shape index (κ1) is 12.5. The van der Waals surface area contributed by atoms with Crippen molar-refractivity contribution in [3.05, 3.63) is 23.8 Å². The average molecular weight is 265 g/mol. The summed E-state index contributed by atoms with van der Waals surface area (Å²) in [7, 11) is 0. The van der Waals surface area contributed by atoms with Crippen molar-refractivity contribution in [2.75, 3.05) is 6.61 Å². The molecule has 5 nitrogen and oxygen atoms in total. The van der Waals surface area contributed by atoms with Crippen LogP contribution in [0.15, 0.2) is 12.5 Å². The molecule has 0 bridgehead atoms. The fourth-order valence-electron chi connectivity index (χ4n) is 2.94. The predicted octanol–water partition coefficient (Wildman–Crippen LogP) is 1.06. The molecule has 0 aliphatic heterocycles. The number of hydrogen-bond donors (Lipinski definition) is 3. The molecule has 0 saturated heterocycles. The smallest absolute Gasteiger partial charge is 0.133 e. The van der Waals surface area contributed by atoms with Crippen molar-refractivity contribution in [3.63, 3.8) is 0 Å². The fourth-order valence-corrected chi connectivity index (χ4v) is 2.94. The second-order valence-corrected chi connectivity index (χ2v) is 5.15. The van der Waals surface area contributed by atoms with E-state index in [9.17, 15) is 9.50 Å². The first-order chi connectivity index (χ1) is 9.13. The molecule has 4 atom stereocenters. The van der Waals surface area contributed by atoms with Gasteiger partial charge in [-0.3, -0.25) is 0 Å². The van der Waals surface area contributed by atoms with Crippen LogP contribution in [0.2, 0.25) is 0 Å². The third-order valence-electron chi connectivity index (χ3n) is 4.07. The van der Waals surface area contributed by atoms with Gasteiger partial charge in [0, 0.05) is 30.2 Å². The number of nitrogens with one attached hydrogen (secondary N) is 1. The van der Waals surface area contributed by atoms with Crippen LogP contribution in [0.5, 0.6) is 0 Å². The quantitative estimate of drug-likeness (QED) is 0.758. The molecule has 6 heteroatoms. The van der Waals surface area contributed by atoms with E-state index in [-0.39, 0.29) is 6.61 Å². The molecular formula is C13H16FN3O2. The van der Waals surface area contributed by atoms with Crippen molar-refractivity contribution in [1.82, 2.24) is 15.0 Å². The maximum Gasteiger partial charge on any atom is 0.133 e. The first-order valence-corrected chi connectivity index (χ1v) is 6.35. The maximum absolute atomic E-state index is 14.2. The third kappa shape index (κ3) is 1.82. The lowest BCUT2D eigenvalue weighted by molar-refractivity contribution is 0.0434. The van der Waals surface area contributed by atoms with Gasteiger partial charge in [0.1, 0.15) is 12.5 Å². The van der Waals surface area contributed by atoms with E-state index in [1.54, 1.807) is 6.20 Å². The molecule has 2 aromatic heterocycles. The largest absolute Gasteiger partial charge is 0.396 e. The van der Waals surface area contributed by atoms with Crippen LogP contribution >= 0.6 is 0 Å². The summed E-state index contributed by atoms with van der Waals surface area (Å²) in [4.78, 5) is 11.4. The van der Waals surface area contributed by atoms with E-state index in [4.69, 9.17) is 5.11 Å². The lowest BCUT2D eigenvalue weighted by Crippen LogP contribution is -2.25. The van der Waals surface area contributed by atoms with E-state index in [0.29, 0.717) is 11.9 Å². The lowest BCUT2D eigenvalue weighted by atomic mass is 9.97. The molecule has 1 aliphatic rings. The van der Waals surface area contributed by atoms with Gasteiger partial charge in [-0.25, -0.2) is 14.4 Å². The van der Waals surface area contributed by atoms with Crippen LogP contribution in [0.25, 0.3) is 11.0 Å². The molecule has 0 amide bonds. The third-order valence-corrected chi connectivity index (χ3v) is 4.07. The number of alkyl halides is 1. The van der Waals surface area contributed by atoms with Crippen molar-refractivity contribution in [3.8, 4) is 0 Å². The summed E-state index contributed by atoms with van der Waals surface area (Å²) in [5.74, 6) is -0.844. The van der Waals surface area contributed by atoms with E-state index in [2.05, 4.69) is 15.0 Å². The SMILES string of the molecule is Cc1ncnc2c([C@@H]3C[C@H](CO)[C@@H](O)[C@H]3F)c[nH]c12. The first-order valence-electron chi connectivity index (χ1n) is 6.35. The van der Waals surface area contributed by atoms with Gasteiger partial charge in [0.15, 0.2) is 0 Å². The molecule has 3 rings (SSSR count). The van der Waals surface area contributed by atoms with E-state index in [0.717, 1.165) is 16.8 Å². The van der Waals surface area contributed by atoms with Gasteiger partial charge in [-0.15, -0.1) is 0 Å². The summed E-state index contributed by atoms with van der Waals surface area (Å²) < 4.78 is 14.2. The van der Waals surface area contributed by atoms with Gasteiger partial charge in [-0.05, 0) is 13.3 Å². The highest BCUT2D eigenvalue weighted by Gasteiger charge is 2.44. The number of aromatic nitrogens is 3. The molecule has 19 heavy (non-hydrogen) atoms. The van der Waals surface area contributed by atoms with Crippen molar-refractivity contribution < 1.29 is 14.6 Å². The Morgan fingerprint density at radius 2 is 2.26 bits per heavy atom. The van der Waals surface area contributed by atoms with Gasteiger partial charge in [0.2, 0.25) is 0 Å². The average Bonchev–Trinajstić information content (AvgIpc) is 2.94. The number of aliphatic hydroxyl groups excluding tert-OH is 2. The highest BCUT2D eigenvalue weighted by Crippen LogP contribution is 2.42. The highest BCUT2D eigenvalue weighted by molar-refractivity contribution is 5.81. The zero-order chi connectivity index (χ0) is 13.6. The minimum absolute atomic E-state index is 0.200. The van der Waals surface area contributed by atoms with Crippen LogP contribution in [0, 0.1) is 12.8 Å². The summed E-state index contributed by atoms with van der Waals surface area (Å²) in [6.07, 6.45) is 1.14. The number of H-pyrrole nitrogens is 1. The lowest BCUT2D eigenvalue weighted by Gasteiger charge is -2.13. The van der Waals surface area contributed by atoms with Crippen LogP contribution in [-0.2, 0) is 0 Å². The number of nitrogens with zero attached hydrogens (tertiary/aromatic N) is 2. The highest BCUT2D eigenvalue weighted by atomic mass is 19.1. The molecule has 1 saturated carbocycles. The minimum Gasteiger partial charge on any atom is -0.396 e. The van der Waals surface area contributed by atoms with Crippen LogP contribution in [0.4, 0.5) is 4.39 Å². The number of aryl methyl sites for hydroxylation is 1. The Morgan fingerprint density at radius 3 is 2.95 bits per heavy atom. The van der Waals surface area contributed by atoms with Gasteiger partial charge in [-0.1, -0.05) is 0 Å². The molecule has 0 aromatic carbocycles. The maximum atomic E-state index is 14.2.